The van der Waals surface area contributed by atoms with Crippen LogP contribution in [0.2, 0.25) is 5.02 Å². The van der Waals surface area contributed by atoms with Gasteiger partial charge in [-0.1, -0.05) is 48.0 Å². The van der Waals surface area contributed by atoms with Crippen molar-refractivity contribution in [3.8, 4) is 0 Å². The van der Waals surface area contributed by atoms with Crippen LogP contribution in [0.15, 0.2) is 48.5 Å². The van der Waals surface area contributed by atoms with Crippen molar-refractivity contribution in [2.24, 2.45) is 11.8 Å². The molecule has 2 saturated heterocycles. The van der Waals surface area contributed by atoms with Crippen LogP contribution < -0.4 is 16.0 Å². The van der Waals surface area contributed by atoms with E-state index >= 15 is 0 Å². The van der Waals surface area contributed by atoms with Gasteiger partial charge in [-0.15, -0.1) is 0 Å². The second kappa shape index (κ2) is 13.7. The molecule has 2 aromatic rings. The first-order chi connectivity index (χ1) is 18.8. The summed E-state index contributed by atoms with van der Waals surface area (Å²) >= 11 is 7.90. The highest BCUT2D eigenvalue weighted by Crippen LogP contribution is 2.36. The van der Waals surface area contributed by atoms with Crippen molar-refractivity contribution in [1.29, 1.82) is 0 Å². The number of halogens is 2. The highest BCUT2D eigenvalue weighted by molar-refractivity contribution is 7.98. The number of fused-ring (bicyclic) bond motifs is 1. The molecule has 0 radical (unpaired) electrons. The molecule has 4 rings (SSSR count). The molecule has 210 valence electrons. The fourth-order valence-corrected chi connectivity index (χ4v) is 6.53. The van der Waals surface area contributed by atoms with E-state index in [1.54, 1.807) is 17.8 Å². The van der Waals surface area contributed by atoms with Gasteiger partial charge in [0.1, 0.15) is 11.9 Å². The zero-order valence-electron chi connectivity index (χ0n) is 22.3. The fraction of sp³-hybridized carbons (Fsp3) is 0.483. The van der Waals surface area contributed by atoms with Gasteiger partial charge in [-0.2, -0.15) is 11.8 Å². The number of hydrogen-bond donors (Lipinski definition) is 3. The molecule has 3 N–H and O–H groups in total. The van der Waals surface area contributed by atoms with Crippen LogP contribution in [-0.2, 0) is 9.59 Å². The van der Waals surface area contributed by atoms with Crippen LogP contribution in [0.3, 0.4) is 0 Å². The SMILES string of the molecule is CSCC[C@H](NC(C)=O)C(=O)NC(CCN1CC2CNC[C@H]2[C@H]1C(=O)c1c(F)cccc1Cl)c1ccccc1. The summed E-state index contributed by atoms with van der Waals surface area (Å²) in [5.74, 6) is -0.304. The molecule has 2 fully saturated rings. The molecular weight excluding hydrogens is 539 g/mol. The molecule has 2 amide bonds. The zero-order chi connectivity index (χ0) is 27.9. The minimum absolute atomic E-state index is 0.0541. The molecule has 0 aliphatic carbocycles. The summed E-state index contributed by atoms with van der Waals surface area (Å²) < 4.78 is 14.7. The van der Waals surface area contributed by atoms with Crippen LogP contribution in [-0.4, -0.2) is 72.8 Å². The maximum Gasteiger partial charge on any atom is 0.243 e. The van der Waals surface area contributed by atoms with E-state index in [4.69, 9.17) is 11.6 Å². The Labute approximate surface area is 238 Å². The monoisotopic (exact) mass is 574 g/mol. The lowest BCUT2D eigenvalue weighted by atomic mass is 9.89. The molecule has 0 saturated carbocycles. The number of amides is 2. The van der Waals surface area contributed by atoms with Gasteiger partial charge in [0, 0.05) is 26.6 Å². The van der Waals surface area contributed by atoms with Crippen molar-refractivity contribution < 1.29 is 18.8 Å². The van der Waals surface area contributed by atoms with Crippen molar-refractivity contribution in [2.75, 3.05) is 38.2 Å². The zero-order valence-corrected chi connectivity index (χ0v) is 23.9. The van der Waals surface area contributed by atoms with E-state index in [0.717, 1.165) is 17.9 Å². The topological polar surface area (TPSA) is 90.5 Å². The van der Waals surface area contributed by atoms with Crippen LogP contribution in [0.25, 0.3) is 0 Å². The quantitative estimate of drug-likeness (QED) is 0.335. The minimum atomic E-state index is -0.629. The minimum Gasteiger partial charge on any atom is -0.347 e. The summed E-state index contributed by atoms with van der Waals surface area (Å²) in [5, 5.41) is 9.42. The molecule has 2 aliphatic rings. The molecule has 2 aromatic carbocycles. The normalized spacial score (nSPS) is 22.2. The highest BCUT2D eigenvalue weighted by atomic mass is 35.5. The first-order valence-electron chi connectivity index (χ1n) is 13.3. The number of ketones is 1. The number of carbonyl (C=O) groups excluding carboxylic acids is 3. The molecule has 0 bridgehead atoms. The lowest BCUT2D eigenvalue weighted by Crippen LogP contribution is -2.48. The average molecular weight is 575 g/mol. The standard InChI is InChI=1S/C29H36ClFN4O3S/c1-18(36)33-25(12-14-39-2)29(38)34-24(19-7-4-3-5-8-19)11-13-35-17-20-15-32-16-21(20)27(35)28(37)26-22(30)9-6-10-23(26)31/h3-10,20-21,24-25,27,32H,11-17H2,1-2H3,(H,33,36)(H,34,38)/t20?,21-,24?,25+,27+/m1/s1. The highest BCUT2D eigenvalue weighted by Gasteiger charge is 2.48. The van der Waals surface area contributed by atoms with Crippen molar-refractivity contribution in [2.45, 2.75) is 37.9 Å². The Morgan fingerprint density at radius 2 is 1.87 bits per heavy atom. The fourth-order valence-electron chi connectivity index (χ4n) is 5.80. The summed E-state index contributed by atoms with van der Waals surface area (Å²) in [7, 11) is 0. The molecular formula is C29H36ClFN4O3S. The number of rotatable bonds is 12. The summed E-state index contributed by atoms with van der Waals surface area (Å²) in [6, 6.07) is 12.6. The molecule has 0 spiro atoms. The van der Waals surface area contributed by atoms with Crippen LogP contribution in [0.5, 0.6) is 0 Å². The van der Waals surface area contributed by atoms with Crippen molar-refractivity contribution in [3.05, 3.63) is 70.5 Å². The molecule has 0 aromatic heterocycles. The molecule has 2 heterocycles. The van der Waals surface area contributed by atoms with E-state index in [0.29, 0.717) is 32.5 Å². The third kappa shape index (κ3) is 7.20. The molecule has 2 unspecified atom stereocenters. The Balaban J connectivity index is 1.54. The second-order valence-electron chi connectivity index (χ2n) is 10.3. The van der Waals surface area contributed by atoms with Gasteiger partial charge < -0.3 is 16.0 Å². The van der Waals surface area contributed by atoms with Crippen LogP contribution in [0, 0.1) is 17.7 Å². The van der Waals surface area contributed by atoms with E-state index in [1.165, 1.54) is 19.1 Å². The number of carbonyl (C=O) groups is 3. The summed E-state index contributed by atoms with van der Waals surface area (Å²) in [6.07, 6.45) is 3.03. The van der Waals surface area contributed by atoms with Gasteiger partial charge in [0.2, 0.25) is 11.8 Å². The van der Waals surface area contributed by atoms with Gasteiger partial charge >= 0.3 is 0 Å². The predicted molar refractivity (Wildman–Crippen MR) is 153 cm³/mol. The van der Waals surface area contributed by atoms with Crippen LogP contribution in [0.4, 0.5) is 4.39 Å². The average Bonchev–Trinajstić information content (AvgIpc) is 3.50. The van der Waals surface area contributed by atoms with Crippen molar-refractivity contribution >= 4 is 41.0 Å². The van der Waals surface area contributed by atoms with Crippen LogP contribution in [0.1, 0.15) is 41.7 Å². The largest absolute Gasteiger partial charge is 0.347 e. The Hall–Kier alpha value is -2.46. The Bertz CT molecular complexity index is 1150. The maximum atomic E-state index is 14.7. The molecule has 5 atom stereocenters. The van der Waals surface area contributed by atoms with E-state index < -0.39 is 17.9 Å². The van der Waals surface area contributed by atoms with Gasteiger partial charge in [0.25, 0.3) is 0 Å². The number of nitrogens with one attached hydrogen (secondary N) is 3. The second-order valence-corrected chi connectivity index (χ2v) is 11.7. The van der Waals surface area contributed by atoms with Gasteiger partial charge in [0.15, 0.2) is 5.78 Å². The maximum absolute atomic E-state index is 14.7. The van der Waals surface area contributed by atoms with Crippen LogP contribution >= 0.6 is 23.4 Å². The van der Waals surface area contributed by atoms with E-state index in [-0.39, 0.29) is 46.1 Å². The Morgan fingerprint density at radius 1 is 1.10 bits per heavy atom. The Morgan fingerprint density at radius 3 is 2.56 bits per heavy atom. The predicted octanol–water partition coefficient (Wildman–Crippen LogP) is 3.69. The first-order valence-corrected chi connectivity index (χ1v) is 15.1. The number of benzene rings is 2. The third-order valence-corrected chi connectivity index (χ3v) is 8.62. The number of Topliss-reactive ketones (excluding diaryl/α,β-unsaturated/α-hetero) is 1. The smallest absolute Gasteiger partial charge is 0.243 e. The van der Waals surface area contributed by atoms with Crippen molar-refractivity contribution in [1.82, 2.24) is 20.9 Å². The molecule has 2 aliphatic heterocycles. The number of nitrogens with zero attached hydrogens (tertiary/aromatic N) is 1. The van der Waals surface area contributed by atoms with Crippen molar-refractivity contribution in [3.63, 3.8) is 0 Å². The van der Waals surface area contributed by atoms with Gasteiger partial charge in [-0.25, -0.2) is 4.39 Å². The molecule has 10 heteroatoms. The summed E-state index contributed by atoms with van der Waals surface area (Å²) in [4.78, 5) is 40.9. The summed E-state index contributed by atoms with van der Waals surface area (Å²) in [6.45, 7) is 4.15. The van der Waals surface area contributed by atoms with E-state index in [2.05, 4.69) is 20.9 Å². The van der Waals surface area contributed by atoms with Gasteiger partial charge in [-0.05, 0) is 60.9 Å². The molecule has 7 nitrogen and oxygen atoms in total. The first kappa shape index (κ1) is 29.5. The Kier molecular flexibility index (Phi) is 10.4. The van der Waals surface area contributed by atoms with Gasteiger partial charge in [0.05, 0.1) is 22.7 Å². The summed E-state index contributed by atoms with van der Waals surface area (Å²) in [5.41, 5.74) is 0.889. The number of likely N-dealkylation sites (tertiary alicyclic amines) is 1. The van der Waals surface area contributed by atoms with Gasteiger partial charge in [-0.3, -0.25) is 19.3 Å². The number of thioether (sulfide) groups is 1. The lowest BCUT2D eigenvalue weighted by molar-refractivity contribution is -0.128. The lowest BCUT2D eigenvalue weighted by Gasteiger charge is -2.30. The van der Waals surface area contributed by atoms with E-state index in [9.17, 15) is 18.8 Å². The third-order valence-electron chi connectivity index (χ3n) is 7.67. The number of hydrogen-bond acceptors (Lipinski definition) is 6. The molecule has 39 heavy (non-hydrogen) atoms. The van der Waals surface area contributed by atoms with E-state index in [1.807, 2.05) is 36.6 Å².